The number of sulfone groups is 1. The van der Waals surface area contributed by atoms with Gasteiger partial charge in [0.05, 0.1) is 11.5 Å². The van der Waals surface area contributed by atoms with Crippen molar-refractivity contribution in [1.82, 2.24) is 10.2 Å². The highest BCUT2D eigenvalue weighted by Crippen LogP contribution is 2.18. The normalized spacial score (nSPS) is 19.2. The molecule has 0 aromatic carbocycles. The number of carboxylic acid groups (broad SMARTS) is 1. The van der Waals surface area contributed by atoms with E-state index in [0.717, 1.165) is 0 Å². The number of nitrogens with one attached hydrogen (secondary N) is 1. The van der Waals surface area contributed by atoms with E-state index < -0.39 is 21.7 Å². The Morgan fingerprint density at radius 2 is 2.08 bits per heavy atom. The number of unbranched alkanes of at least 4 members (excludes halogenated alkanes) is 2. The van der Waals surface area contributed by atoms with Gasteiger partial charge in [-0.1, -0.05) is 6.42 Å². The summed E-state index contributed by atoms with van der Waals surface area (Å²) in [4.78, 5) is 24.2. The van der Waals surface area contributed by atoms with E-state index >= 15 is 0 Å². The molecule has 1 unspecified atom stereocenters. The van der Waals surface area contributed by atoms with E-state index in [-0.39, 0.29) is 29.5 Å². The van der Waals surface area contributed by atoms with Gasteiger partial charge in [0.25, 0.3) is 5.91 Å². The minimum absolute atomic E-state index is 0.0429. The third kappa shape index (κ3) is 7.56. The van der Waals surface area contributed by atoms with Gasteiger partial charge >= 0.3 is 5.97 Å². The average molecular weight is 371 g/mol. The first-order valence-corrected chi connectivity index (χ1v) is 10.2. The van der Waals surface area contributed by atoms with E-state index in [1.807, 2.05) is 13.0 Å². The van der Waals surface area contributed by atoms with Crippen molar-refractivity contribution in [1.29, 1.82) is 5.26 Å². The first kappa shape index (κ1) is 21.0. The molecule has 1 atom stereocenters. The minimum atomic E-state index is -3.04. The van der Waals surface area contributed by atoms with Crippen molar-refractivity contribution in [2.45, 2.75) is 45.1 Å². The Morgan fingerprint density at radius 3 is 2.60 bits per heavy atom. The lowest BCUT2D eigenvalue weighted by atomic mass is 10.2. The second kappa shape index (κ2) is 10.0. The van der Waals surface area contributed by atoms with Gasteiger partial charge in [-0.3, -0.25) is 9.59 Å². The number of carbonyl (C=O) groups is 2. The maximum absolute atomic E-state index is 12.1. The van der Waals surface area contributed by atoms with E-state index in [1.54, 1.807) is 4.90 Å². The lowest BCUT2D eigenvalue weighted by molar-refractivity contribution is -0.137. The molecule has 0 bridgehead atoms. The Morgan fingerprint density at radius 1 is 1.36 bits per heavy atom. The molecule has 1 fully saturated rings. The van der Waals surface area contributed by atoms with Crippen molar-refractivity contribution in [3.8, 4) is 6.07 Å². The zero-order valence-electron chi connectivity index (χ0n) is 14.4. The Balaban J connectivity index is 2.52. The number of carboxylic acids is 1. The zero-order chi connectivity index (χ0) is 18.9. The van der Waals surface area contributed by atoms with E-state index in [4.69, 9.17) is 5.11 Å². The lowest BCUT2D eigenvalue weighted by Gasteiger charge is -2.25. The summed E-state index contributed by atoms with van der Waals surface area (Å²) < 4.78 is 23.2. The fourth-order valence-electron chi connectivity index (χ4n) is 2.67. The predicted octanol–water partition coefficient (Wildman–Crippen LogP) is 0.664. The smallest absolute Gasteiger partial charge is 0.303 e. The fraction of sp³-hybridized carbons (Fsp3) is 0.688. The minimum Gasteiger partial charge on any atom is -0.481 e. The number of amides is 1. The van der Waals surface area contributed by atoms with Gasteiger partial charge in [-0.25, -0.2) is 8.42 Å². The molecule has 140 valence electrons. The summed E-state index contributed by atoms with van der Waals surface area (Å²) in [5.41, 5.74) is -0.0586. The zero-order valence-corrected chi connectivity index (χ0v) is 15.2. The van der Waals surface area contributed by atoms with Gasteiger partial charge in [0, 0.05) is 31.8 Å². The van der Waals surface area contributed by atoms with Crippen molar-refractivity contribution in [2.24, 2.45) is 0 Å². The summed E-state index contributed by atoms with van der Waals surface area (Å²) in [6.45, 7) is 2.71. The quantitative estimate of drug-likeness (QED) is 0.328. The molecular formula is C16H25N3O5S. The van der Waals surface area contributed by atoms with Crippen LogP contribution in [-0.2, 0) is 19.4 Å². The van der Waals surface area contributed by atoms with Crippen LogP contribution < -0.4 is 5.32 Å². The monoisotopic (exact) mass is 371 g/mol. The van der Waals surface area contributed by atoms with Crippen LogP contribution in [0.3, 0.4) is 0 Å². The van der Waals surface area contributed by atoms with E-state index in [9.17, 15) is 23.3 Å². The molecule has 0 saturated carbocycles. The van der Waals surface area contributed by atoms with Gasteiger partial charge in [0.2, 0.25) is 0 Å². The second-order valence-corrected chi connectivity index (χ2v) is 8.23. The standard InChI is InChI=1S/C16H25N3O5S/c1-2-19(14-7-9-25(23,24)12-14)11-13(10-17)16(22)18-8-5-3-4-6-15(20)21/h11,14H,2-9,12H2,1H3,(H,18,22)(H,20,21)/b13-11-. The number of nitrogens with zero attached hydrogens (tertiary/aromatic N) is 2. The van der Waals surface area contributed by atoms with Crippen LogP contribution in [-0.4, -0.2) is 60.9 Å². The third-order valence-electron chi connectivity index (χ3n) is 4.06. The van der Waals surface area contributed by atoms with Crippen molar-refractivity contribution < 1.29 is 23.1 Å². The number of rotatable bonds is 10. The molecule has 0 aromatic heterocycles. The molecule has 1 aliphatic heterocycles. The van der Waals surface area contributed by atoms with Gasteiger partial charge in [-0.15, -0.1) is 0 Å². The van der Waals surface area contributed by atoms with Gasteiger partial charge in [-0.2, -0.15) is 5.26 Å². The fourth-order valence-corrected chi connectivity index (χ4v) is 4.41. The maximum Gasteiger partial charge on any atom is 0.303 e. The first-order valence-electron chi connectivity index (χ1n) is 8.37. The molecule has 25 heavy (non-hydrogen) atoms. The van der Waals surface area contributed by atoms with Gasteiger partial charge in [-0.05, 0) is 26.2 Å². The van der Waals surface area contributed by atoms with Crippen LogP contribution >= 0.6 is 0 Å². The van der Waals surface area contributed by atoms with Crippen molar-refractivity contribution in [3.63, 3.8) is 0 Å². The van der Waals surface area contributed by atoms with Crippen LogP contribution in [0, 0.1) is 11.3 Å². The number of hydrogen-bond donors (Lipinski definition) is 2. The van der Waals surface area contributed by atoms with E-state index in [0.29, 0.717) is 38.8 Å². The van der Waals surface area contributed by atoms with Crippen molar-refractivity contribution in [2.75, 3.05) is 24.6 Å². The van der Waals surface area contributed by atoms with Gasteiger partial charge in [0.15, 0.2) is 9.84 Å². The largest absolute Gasteiger partial charge is 0.481 e. The molecule has 1 rings (SSSR count). The molecule has 2 N–H and O–H groups in total. The summed E-state index contributed by atoms with van der Waals surface area (Å²) in [5, 5.41) is 20.4. The molecular weight excluding hydrogens is 346 g/mol. The van der Waals surface area contributed by atoms with Crippen LogP contribution in [0.1, 0.15) is 39.0 Å². The summed E-state index contributed by atoms with van der Waals surface area (Å²) in [7, 11) is -3.04. The molecule has 1 amide bonds. The van der Waals surface area contributed by atoms with E-state index in [2.05, 4.69) is 5.32 Å². The molecule has 0 spiro atoms. The molecule has 0 aliphatic carbocycles. The summed E-state index contributed by atoms with van der Waals surface area (Å²) in [6, 6.07) is 1.65. The highest BCUT2D eigenvalue weighted by Gasteiger charge is 2.31. The topological polar surface area (TPSA) is 128 Å². The Bertz CT molecular complexity index is 651. The van der Waals surface area contributed by atoms with Crippen molar-refractivity contribution in [3.05, 3.63) is 11.8 Å². The second-order valence-electron chi connectivity index (χ2n) is 6.00. The number of nitriles is 1. The molecule has 0 aromatic rings. The Kier molecular flexibility index (Phi) is 8.41. The summed E-state index contributed by atoms with van der Waals surface area (Å²) in [5.74, 6) is -1.17. The number of carbonyl (C=O) groups excluding carboxylic acids is 1. The summed E-state index contributed by atoms with van der Waals surface area (Å²) >= 11 is 0. The highest BCUT2D eigenvalue weighted by molar-refractivity contribution is 7.91. The average Bonchev–Trinajstić information content (AvgIpc) is 2.91. The van der Waals surface area contributed by atoms with E-state index in [1.165, 1.54) is 6.20 Å². The van der Waals surface area contributed by atoms with Gasteiger partial charge in [0.1, 0.15) is 11.6 Å². The summed E-state index contributed by atoms with van der Waals surface area (Å²) in [6.07, 6.45) is 3.90. The van der Waals surface area contributed by atoms with Gasteiger partial charge < -0.3 is 15.3 Å². The molecule has 0 radical (unpaired) electrons. The molecule has 8 nitrogen and oxygen atoms in total. The van der Waals surface area contributed by atoms with Crippen LogP contribution in [0.5, 0.6) is 0 Å². The number of hydrogen-bond acceptors (Lipinski definition) is 6. The van der Waals surface area contributed by atoms with Crippen LogP contribution in [0.2, 0.25) is 0 Å². The number of aliphatic carboxylic acids is 1. The van der Waals surface area contributed by atoms with Crippen molar-refractivity contribution >= 4 is 21.7 Å². The SMILES string of the molecule is CCN(/C=C(/C#N)C(=O)NCCCCCC(=O)O)C1CCS(=O)(=O)C1. The Hall–Kier alpha value is -2.08. The third-order valence-corrected chi connectivity index (χ3v) is 5.81. The Labute approximate surface area is 148 Å². The first-order chi connectivity index (χ1) is 11.8. The predicted molar refractivity (Wildman–Crippen MR) is 92.2 cm³/mol. The van der Waals surface area contributed by atoms with Crippen LogP contribution in [0.4, 0.5) is 0 Å². The molecule has 1 aliphatic rings. The molecule has 1 saturated heterocycles. The van der Waals surface area contributed by atoms with Crippen LogP contribution in [0.25, 0.3) is 0 Å². The van der Waals surface area contributed by atoms with Crippen LogP contribution in [0.15, 0.2) is 11.8 Å². The lowest BCUT2D eigenvalue weighted by Crippen LogP contribution is -2.34. The highest BCUT2D eigenvalue weighted by atomic mass is 32.2. The maximum atomic E-state index is 12.1. The molecule has 1 heterocycles. The molecule has 9 heteroatoms.